The number of hydrogen-bond acceptors (Lipinski definition) is 7. The third kappa shape index (κ3) is 3.77. The van der Waals surface area contributed by atoms with Crippen LogP contribution in [0.1, 0.15) is 0 Å². The van der Waals surface area contributed by atoms with Gasteiger partial charge in [0.2, 0.25) is 10.0 Å². The Hall–Kier alpha value is -2.76. The van der Waals surface area contributed by atoms with E-state index in [-0.39, 0.29) is 47.5 Å². The predicted octanol–water partition coefficient (Wildman–Crippen LogP) is 2.67. The van der Waals surface area contributed by atoms with Crippen molar-refractivity contribution >= 4 is 38.7 Å². The molecule has 0 atom stereocenters. The molecule has 28 heavy (non-hydrogen) atoms. The quantitative estimate of drug-likeness (QED) is 0.531. The Morgan fingerprint density at radius 1 is 0.929 bits per heavy atom. The van der Waals surface area contributed by atoms with E-state index in [2.05, 4.69) is 0 Å². The summed E-state index contributed by atoms with van der Waals surface area (Å²) in [5.41, 5.74) is -0.0139. The molecule has 0 aliphatic carbocycles. The van der Waals surface area contributed by atoms with Gasteiger partial charge in [-0.2, -0.15) is 4.31 Å². The summed E-state index contributed by atoms with van der Waals surface area (Å²) in [7, 11) is -4.04. The molecule has 0 bridgehead atoms. The van der Waals surface area contributed by atoms with Crippen LogP contribution in [0.3, 0.4) is 0 Å². The fourth-order valence-corrected chi connectivity index (χ4v) is 4.91. The number of nitrogens with zero attached hydrogens (tertiary/aromatic N) is 4. The Bertz CT molecular complexity index is 1040. The SMILES string of the molecule is O=[N+]([O-])c1ccc(Cl)c(S(=O)(=O)N2CCN(c3ccccc3[N+](=O)[O-])CC2)c1. The van der Waals surface area contributed by atoms with E-state index < -0.39 is 19.9 Å². The number of para-hydroxylation sites is 2. The monoisotopic (exact) mass is 426 g/mol. The maximum Gasteiger partial charge on any atom is 0.292 e. The summed E-state index contributed by atoms with van der Waals surface area (Å²) in [6.07, 6.45) is 0. The Balaban J connectivity index is 1.83. The zero-order chi connectivity index (χ0) is 20.5. The molecular weight excluding hydrogens is 412 g/mol. The number of rotatable bonds is 5. The second-order valence-electron chi connectivity index (χ2n) is 6.01. The first-order valence-electron chi connectivity index (χ1n) is 8.14. The Kier molecular flexibility index (Phi) is 5.49. The highest BCUT2D eigenvalue weighted by atomic mass is 35.5. The predicted molar refractivity (Wildman–Crippen MR) is 102 cm³/mol. The lowest BCUT2D eigenvalue weighted by molar-refractivity contribution is -0.385. The third-order valence-corrected chi connectivity index (χ3v) is 6.78. The van der Waals surface area contributed by atoms with Crippen molar-refractivity contribution in [1.82, 2.24) is 4.31 Å². The summed E-state index contributed by atoms with van der Waals surface area (Å²) < 4.78 is 27.0. The standard InChI is InChI=1S/C16H15ClN4O6S/c17-13-6-5-12(20(22)23)11-16(13)28(26,27)19-9-7-18(8-10-19)14-3-1-2-4-15(14)21(24)25/h1-6,11H,7-10H2. The van der Waals surface area contributed by atoms with E-state index in [9.17, 15) is 28.6 Å². The van der Waals surface area contributed by atoms with Crippen LogP contribution in [-0.2, 0) is 10.0 Å². The average molecular weight is 427 g/mol. The molecule has 10 nitrogen and oxygen atoms in total. The first-order valence-corrected chi connectivity index (χ1v) is 9.96. The second kappa shape index (κ2) is 7.70. The highest BCUT2D eigenvalue weighted by molar-refractivity contribution is 7.89. The van der Waals surface area contributed by atoms with Crippen LogP contribution >= 0.6 is 11.6 Å². The molecule has 0 spiro atoms. The highest BCUT2D eigenvalue weighted by Gasteiger charge is 2.32. The van der Waals surface area contributed by atoms with Gasteiger partial charge in [0.1, 0.15) is 10.6 Å². The first kappa shape index (κ1) is 20.0. The van der Waals surface area contributed by atoms with Crippen molar-refractivity contribution in [3.63, 3.8) is 0 Å². The number of benzene rings is 2. The molecule has 0 amide bonds. The van der Waals surface area contributed by atoms with Crippen LogP contribution in [-0.4, -0.2) is 48.7 Å². The largest absolute Gasteiger partial charge is 0.363 e. The van der Waals surface area contributed by atoms with Crippen molar-refractivity contribution in [3.05, 3.63) is 67.7 Å². The summed E-state index contributed by atoms with van der Waals surface area (Å²) in [5, 5.41) is 22.0. The van der Waals surface area contributed by atoms with Crippen LogP contribution < -0.4 is 4.90 Å². The van der Waals surface area contributed by atoms with Gasteiger partial charge < -0.3 is 4.90 Å². The lowest BCUT2D eigenvalue weighted by Crippen LogP contribution is -2.48. The summed E-state index contributed by atoms with van der Waals surface area (Å²) >= 11 is 5.97. The minimum atomic E-state index is -4.04. The molecule has 0 unspecified atom stereocenters. The maximum atomic E-state index is 12.9. The fraction of sp³-hybridized carbons (Fsp3) is 0.250. The molecule has 2 aromatic rings. The average Bonchev–Trinajstić information content (AvgIpc) is 2.68. The number of piperazine rings is 1. The topological polar surface area (TPSA) is 127 Å². The smallest absolute Gasteiger partial charge is 0.292 e. The number of non-ortho nitro benzene ring substituents is 1. The minimum absolute atomic E-state index is 0.0551. The molecule has 1 saturated heterocycles. The van der Waals surface area contributed by atoms with Crippen molar-refractivity contribution in [2.24, 2.45) is 0 Å². The molecule has 1 aliphatic rings. The van der Waals surface area contributed by atoms with Crippen LogP contribution in [0.25, 0.3) is 0 Å². The van der Waals surface area contributed by atoms with Crippen molar-refractivity contribution in [2.75, 3.05) is 31.1 Å². The van der Waals surface area contributed by atoms with Gasteiger partial charge in [-0.05, 0) is 12.1 Å². The van der Waals surface area contributed by atoms with E-state index in [1.54, 1.807) is 23.1 Å². The van der Waals surface area contributed by atoms with Gasteiger partial charge in [-0.1, -0.05) is 23.7 Å². The van der Waals surface area contributed by atoms with Gasteiger partial charge in [0, 0.05) is 44.4 Å². The zero-order valence-corrected chi connectivity index (χ0v) is 16.0. The van der Waals surface area contributed by atoms with E-state index in [1.165, 1.54) is 16.4 Å². The van der Waals surface area contributed by atoms with Crippen LogP contribution in [0.5, 0.6) is 0 Å². The molecule has 12 heteroatoms. The van der Waals surface area contributed by atoms with Gasteiger partial charge in [0.05, 0.1) is 14.9 Å². The van der Waals surface area contributed by atoms with Gasteiger partial charge >= 0.3 is 0 Å². The lowest BCUT2D eigenvalue weighted by atomic mass is 10.2. The second-order valence-corrected chi connectivity index (χ2v) is 8.32. The van der Waals surface area contributed by atoms with Gasteiger partial charge in [-0.3, -0.25) is 20.2 Å². The van der Waals surface area contributed by atoms with Gasteiger partial charge in [-0.15, -0.1) is 0 Å². The van der Waals surface area contributed by atoms with Crippen LogP contribution in [0.2, 0.25) is 5.02 Å². The van der Waals surface area contributed by atoms with E-state index in [4.69, 9.17) is 11.6 Å². The minimum Gasteiger partial charge on any atom is -0.363 e. The van der Waals surface area contributed by atoms with Gasteiger partial charge in [-0.25, -0.2) is 8.42 Å². The van der Waals surface area contributed by atoms with E-state index >= 15 is 0 Å². The molecule has 0 aromatic heterocycles. The van der Waals surface area contributed by atoms with Gasteiger partial charge in [0.25, 0.3) is 11.4 Å². The summed E-state index contributed by atoms with van der Waals surface area (Å²) in [4.78, 5) is 22.4. The number of sulfonamides is 1. The molecule has 1 fully saturated rings. The molecular formula is C16H15ClN4O6S. The molecule has 1 heterocycles. The number of anilines is 1. The summed E-state index contributed by atoms with van der Waals surface area (Å²) in [6.45, 7) is 0.591. The number of nitro benzene ring substituents is 2. The fourth-order valence-electron chi connectivity index (χ4n) is 3.00. The zero-order valence-electron chi connectivity index (χ0n) is 14.4. The normalized spacial score (nSPS) is 15.4. The Labute approximate surface area is 165 Å². The number of hydrogen-bond donors (Lipinski definition) is 0. The molecule has 1 aliphatic heterocycles. The van der Waals surface area contributed by atoms with Gasteiger partial charge in [0.15, 0.2) is 0 Å². The van der Waals surface area contributed by atoms with Crippen LogP contribution in [0.4, 0.5) is 17.1 Å². The van der Waals surface area contributed by atoms with Crippen molar-refractivity contribution in [3.8, 4) is 0 Å². The lowest BCUT2D eigenvalue weighted by Gasteiger charge is -2.35. The number of halogens is 1. The van der Waals surface area contributed by atoms with Crippen molar-refractivity contribution in [1.29, 1.82) is 0 Å². The van der Waals surface area contributed by atoms with E-state index in [0.29, 0.717) is 5.69 Å². The Morgan fingerprint density at radius 2 is 1.57 bits per heavy atom. The number of nitro groups is 2. The van der Waals surface area contributed by atoms with Crippen LogP contribution in [0.15, 0.2) is 47.4 Å². The van der Waals surface area contributed by atoms with Crippen molar-refractivity contribution in [2.45, 2.75) is 4.90 Å². The molecule has 2 aromatic carbocycles. The molecule has 0 N–H and O–H groups in total. The van der Waals surface area contributed by atoms with Crippen LogP contribution in [0, 0.1) is 20.2 Å². The highest BCUT2D eigenvalue weighted by Crippen LogP contribution is 2.31. The summed E-state index contributed by atoms with van der Waals surface area (Å²) in [5.74, 6) is 0. The Morgan fingerprint density at radius 3 is 2.18 bits per heavy atom. The molecule has 0 radical (unpaired) electrons. The van der Waals surface area contributed by atoms with Crippen molar-refractivity contribution < 1.29 is 18.3 Å². The maximum absolute atomic E-state index is 12.9. The van der Waals surface area contributed by atoms with E-state index in [1.807, 2.05) is 0 Å². The summed E-state index contributed by atoms with van der Waals surface area (Å²) in [6, 6.07) is 9.48. The first-order chi connectivity index (χ1) is 13.2. The third-order valence-electron chi connectivity index (χ3n) is 4.40. The molecule has 148 valence electrons. The molecule has 3 rings (SSSR count). The van der Waals surface area contributed by atoms with E-state index in [0.717, 1.165) is 12.1 Å². The molecule has 0 saturated carbocycles.